The first-order valence-corrected chi connectivity index (χ1v) is 5.36. The molecule has 1 unspecified atom stereocenters. The average Bonchev–Trinajstić information content (AvgIpc) is 2.20. The van der Waals surface area contributed by atoms with E-state index in [1.165, 1.54) is 6.92 Å². The molecule has 0 saturated heterocycles. The van der Waals surface area contributed by atoms with E-state index in [0.29, 0.717) is 7.11 Å². The summed E-state index contributed by atoms with van der Waals surface area (Å²) in [7, 11) is 0.458. The second kappa shape index (κ2) is 6.20. The van der Waals surface area contributed by atoms with Gasteiger partial charge in [-0.1, -0.05) is 11.8 Å². The van der Waals surface area contributed by atoms with Gasteiger partial charge in [0.25, 0.3) is 5.12 Å². The minimum atomic E-state index is -5.43. The summed E-state index contributed by atoms with van der Waals surface area (Å²) in [5.74, 6) is -4.88. The van der Waals surface area contributed by atoms with Gasteiger partial charge in [-0.3, -0.25) is 9.59 Å². The van der Waals surface area contributed by atoms with Crippen molar-refractivity contribution in [1.29, 1.82) is 0 Å². The van der Waals surface area contributed by atoms with Crippen LogP contribution >= 0.6 is 11.8 Å². The van der Waals surface area contributed by atoms with Gasteiger partial charge >= 0.3 is 12.0 Å². The highest BCUT2D eigenvalue weighted by atomic mass is 32.2. The van der Waals surface area contributed by atoms with Crippen molar-refractivity contribution in [2.24, 2.45) is 0 Å². The molecule has 0 spiro atoms. The predicted octanol–water partition coefficient (Wildman–Crippen LogP) is 1.26. The van der Waals surface area contributed by atoms with Crippen LogP contribution in [-0.4, -0.2) is 42.5 Å². The number of methoxy groups -OCH3 is 1. The van der Waals surface area contributed by atoms with Crippen LogP contribution in [0.2, 0.25) is 0 Å². The zero-order valence-corrected chi connectivity index (χ0v) is 9.88. The number of ether oxygens (including phenoxy) is 1. The van der Waals surface area contributed by atoms with Crippen molar-refractivity contribution in [1.82, 2.24) is 5.32 Å². The lowest BCUT2D eigenvalue weighted by molar-refractivity contribution is -0.302. The van der Waals surface area contributed by atoms with Crippen molar-refractivity contribution in [2.45, 2.75) is 19.0 Å². The largest absolute Gasteiger partial charge is 0.457 e. The summed E-state index contributed by atoms with van der Waals surface area (Å²) in [5.41, 5.74) is 0. The summed E-state index contributed by atoms with van der Waals surface area (Å²) in [6.07, 6.45) is -5.43. The highest BCUT2D eigenvalue weighted by molar-refractivity contribution is 8.13. The molecule has 4 nitrogen and oxygen atoms in total. The number of hydrogen-bond acceptors (Lipinski definition) is 4. The van der Waals surface area contributed by atoms with Crippen LogP contribution in [0.4, 0.5) is 17.6 Å². The molecule has 0 rings (SSSR count). The SMILES string of the molecule is COC(F)(C(=O)SCCNC(C)=O)C(F)(F)F. The molecule has 0 radical (unpaired) electrons. The van der Waals surface area contributed by atoms with Crippen molar-refractivity contribution in [2.75, 3.05) is 19.4 Å². The molecule has 100 valence electrons. The number of thioether (sulfide) groups is 1. The summed E-state index contributed by atoms with van der Waals surface area (Å²) < 4.78 is 53.4. The maximum absolute atomic E-state index is 13.2. The molecule has 0 bridgehead atoms. The third-order valence-electron chi connectivity index (χ3n) is 1.62. The Labute approximate surface area is 99.1 Å². The Balaban J connectivity index is 4.33. The Morgan fingerprint density at radius 2 is 1.82 bits per heavy atom. The summed E-state index contributed by atoms with van der Waals surface area (Å²) in [5, 5.41) is 0.459. The second-order valence-corrected chi connectivity index (χ2v) is 3.98. The molecule has 0 saturated carbocycles. The maximum Gasteiger partial charge on any atom is 0.457 e. The first kappa shape index (κ1) is 16.2. The van der Waals surface area contributed by atoms with Crippen molar-refractivity contribution < 1.29 is 31.9 Å². The van der Waals surface area contributed by atoms with Gasteiger partial charge in [0, 0.05) is 26.3 Å². The standard InChI is InChI=1S/C8H11F4NO3S/c1-5(14)13-3-4-17-6(15)7(9,16-2)8(10,11)12/h3-4H2,1-2H3,(H,13,14). The minimum absolute atomic E-state index is 0.0383. The van der Waals surface area contributed by atoms with Gasteiger partial charge in [-0.25, -0.2) is 0 Å². The number of halogens is 4. The van der Waals surface area contributed by atoms with Crippen LogP contribution in [0.5, 0.6) is 0 Å². The van der Waals surface area contributed by atoms with Crippen LogP contribution in [0.25, 0.3) is 0 Å². The van der Waals surface area contributed by atoms with E-state index in [9.17, 15) is 27.2 Å². The van der Waals surface area contributed by atoms with E-state index in [-0.39, 0.29) is 24.1 Å². The monoisotopic (exact) mass is 277 g/mol. The zero-order chi connectivity index (χ0) is 13.7. The van der Waals surface area contributed by atoms with Crippen molar-refractivity contribution in [3.05, 3.63) is 0 Å². The zero-order valence-electron chi connectivity index (χ0n) is 9.06. The Bertz CT molecular complexity index is 297. The molecule has 0 aliphatic heterocycles. The molecular formula is C8H11F4NO3S. The minimum Gasteiger partial charge on any atom is -0.356 e. The Morgan fingerprint density at radius 3 is 2.18 bits per heavy atom. The van der Waals surface area contributed by atoms with Crippen molar-refractivity contribution >= 4 is 22.8 Å². The highest BCUT2D eigenvalue weighted by Gasteiger charge is 2.62. The molecule has 0 aromatic rings. The topological polar surface area (TPSA) is 55.4 Å². The van der Waals surface area contributed by atoms with Crippen molar-refractivity contribution in [3.8, 4) is 0 Å². The Morgan fingerprint density at radius 1 is 1.29 bits per heavy atom. The number of carbonyl (C=O) groups excluding carboxylic acids is 2. The molecule has 17 heavy (non-hydrogen) atoms. The van der Waals surface area contributed by atoms with Gasteiger partial charge in [-0.05, 0) is 0 Å². The summed E-state index contributed by atoms with van der Waals surface area (Å²) >= 11 is 0.103. The predicted molar refractivity (Wildman–Crippen MR) is 53.1 cm³/mol. The fourth-order valence-electron chi connectivity index (χ4n) is 0.778. The van der Waals surface area contributed by atoms with E-state index in [1.54, 1.807) is 0 Å². The van der Waals surface area contributed by atoms with E-state index in [4.69, 9.17) is 0 Å². The van der Waals surface area contributed by atoms with E-state index >= 15 is 0 Å². The first-order chi connectivity index (χ1) is 7.65. The second-order valence-electron chi connectivity index (χ2n) is 2.92. The van der Waals surface area contributed by atoms with Gasteiger partial charge in [0.15, 0.2) is 0 Å². The Hall–Kier alpha value is -0.830. The van der Waals surface area contributed by atoms with Gasteiger partial charge in [-0.15, -0.1) is 0 Å². The summed E-state index contributed by atoms with van der Waals surface area (Å²) in [6, 6.07) is 0. The van der Waals surface area contributed by atoms with Gasteiger partial charge in [0.05, 0.1) is 0 Å². The van der Waals surface area contributed by atoms with Gasteiger partial charge in [0.2, 0.25) is 5.91 Å². The van der Waals surface area contributed by atoms with E-state index in [1.807, 2.05) is 0 Å². The molecule has 1 amide bonds. The number of amides is 1. The lowest BCUT2D eigenvalue weighted by Gasteiger charge is -2.23. The fourth-order valence-corrected chi connectivity index (χ4v) is 1.55. The highest BCUT2D eigenvalue weighted by Crippen LogP contribution is 2.38. The average molecular weight is 277 g/mol. The lowest BCUT2D eigenvalue weighted by atomic mass is 10.3. The molecular weight excluding hydrogens is 266 g/mol. The van der Waals surface area contributed by atoms with E-state index in [0.717, 1.165) is 0 Å². The van der Waals surface area contributed by atoms with Crippen LogP contribution in [-0.2, 0) is 14.3 Å². The third-order valence-corrected chi connectivity index (χ3v) is 2.55. The van der Waals surface area contributed by atoms with Crippen LogP contribution in [0.3, 0.4) is 0 Å². The van der Waals surface area contributed by atoms with Crippen LogP contribution in [0.1, 0.15) is 6.92 Å². The quantitative estimate of drug-likeness (QED) is 0.607. The smallest absolute Gasteiger partial charge is 0.356 e. The van der Waals surface area contributed by atoms with Gasteiger partial charge in [-0.2, -0.15) is 17.6 Å². The molecule has 0 fully saturated rings. The van der Waals surface area contributed by atoms with Crippen molar-refractivity contribution in [3.63, 3.8) is 0 Å². The molecule has 0 aromatic carbocycles. The number of nitrogens with one attached hydrogen (secondary N) is 1. The maximum atomic E-state index is 13.2. The molecule has 0 aliphatic rings. The molecule has 0 aromatic heterocycles. The van der Waals surface area contributed by atoms with Crippen LogP contribution in [0.15, 0.2) is 0 Å². The first-order valence-electron chi connectivity index (χ1n) is 4.37. The summed E-state index contributed by atoms with van der Waals surface area (Å²) in [6.45, 7) is 1.17. The van der Waals surface area contributed by atoms with Crippen LogP contribution in [0, 0.1) is 0 Å². The normalized spacial score (nSPS) is 15.2. The number of alkyl halides is 4. The number of carbonyl (C=O) groups is 2. The van der Waals surface area contributed by atoms with Gasteiger partial charge < -0.3 is 10.1 Å². The molecule has 1 N–H and O–H groups in total. The number of rotatable bonds is 5. The van der Waals surface area contributed by atoms with Gasteiger partial charge in [0.1, 0.15) is 0 Å². The Kier molecular flexibility index (Phi) is 5.89. The molecule has 0 heterocycles. The summed E-state index contributed by atoms with van der Waals surface area (Å²) in [4.78, 5) is 21.4. The van der Waals surface area contributed by atoms with E-state index in [2.05, 4.69) is 10.1 Å². The molecule has 1 atom stereocenters. The fraction of sp³-hybridized carbons (Fsp3) is 0.750. The molecule has 9 heteroatoms. The van der Waals surface area contributed by atoms with E-state index < -0.39 is 23.1 Å². The van der Waals surface area contributed by atoms with Crippen LogP contribution < -0.4 is 5.32 Å². The third kappa shape index (κ3) is 4.50. The molecule has 0 aliphatic carbocycles. The number of hydrogen-bond donors (Lipinski definition) is 1. The lowest BCUT2D eigenvalue weighted by Crippen LogP contribution is -2.48.